The Balaban J connectivity index is 1.37. The first-order valence-corrected chi connectivity index (χ1v) is 9.34. The van der Waals surface area contributed by atoms with Crippen LogP contribution in [0.3, 0.4) is 0 Å². The molecule has 0 radical (unpaired) electrons. The molecule has 0 unspecified atom stereocenters. The van der Waals surface area contributed by atoms with Crippen molar-refractivity contribution in [3.05, 3.63) is 35.4 Å². The number of benzene rings is 1. The monoisotopic (exact) mass is 357 g/mol. The molecule has 2 aromatic rings. The number of ether oxygens (including phenoxy) is 2. The fourth-order valence-electron chi connectivity index (χ4n) is 4.00. The highest BCUT2D eigenvalue weighted by Gasteiger charge is 2.27. The Morgan fingerprint density at radius 3 is 2.65 bits per heavy atom. The van der Waals surface area contributed by atoms with Crippen molar-refractivity contribution in [3.63, 3.8) is 0 Å². The fraction of sp³-hybridized carbons (Fsp3) is 0.579. The van der Waals surface area contributed by atoms with Crippen molar-refractivity contribution in [2.45, 2.75) is 38.4 Å². The van der Waals surface area contributed by atoms with Gasteiger partial charge in [0.25, 0.3) is 0 Å². The summed E-state index contributed by atoms with van der Waals surface area (Å²) in [4.78, 5) is 2.51. The second-order valence-electron chi connectivity index (χ2n) is 7.04. The second-order valence-corrected chi connectivity index (χ2v) is 7.04. The number of nitrogens with one attached hydrogen (secondary N) is 1. The van der Waals surface area contributed by atoms with Crippen LogP contribution in [0.1, 0.15) is 36.0 Å². The minimum Gasteiger partial charge on any atom is -0.493 e. The second kappa shape index (κ2) is 7.63. The molecule has 0 atom stereocenters. The first kappa shape index (κ1) is 17.3. The highest BCUT2D eigenvalue weighted by Crippen LogP contribution is 2.31. The lowest BCUT2D eigenvalue weighted by Crippen LogP contribution is -2.34. The average Bonchev–Trinajstić information content (AvgIpc) is 3.12. The normalized spacial score (nSPS) is 18.5. The number of hydrogen-bond acceptors (Lipinski definition) is 6. The molecule has 1 aromatic heterocycles. The molecular formula is C19H27N5O2. The Labute approximate surface area is 154 Å². The van der Waals surface area contributed by atoms with Crippen LogP contribution in [0.2, 0.25) is 0 Å². The summed E-state index contributed by atoms with van der Waals surface area (Å²) in [5, 5.41) is 12.2. The summed E-state index contributed by atoms with van der Waals surface area (Å²) in [6.45, 7) is 5.94. The molecule has 2 aliphatic rings. The van der Waals surface area contributed by atoms with Crippen LogP contribution in [-0.2, 0) is 19.6 Å². The van der Waals surface area contributed by atoms with E-state index in [2.05, 4.69) is 37.1 Å². The zero-order valence-electron chi connectivity index (χ0n) is 15.6. The first-order chi connectivity index (χ1) is 12.8. The number of likely N-dealkylation sites (tertiary alicyclic amines) is 1. The van der Waals surface area contributed by atoms with Gasteiger partial charge < -0.3 is 19.4 Å². The van der Waals surface area contributed by atoms with Gasteiger partial charge in [-0.15, -0.1) is 10.2 Å². The van der Waals surface area contributed by atoms with E-state index < -0.39 is 0 Å². The van der Waals surface area contributed by atoms with Gasteiger partial charge in [-0.1, -0.05) is 6.07 Å². The van der Waals surface area contributed by atoms with Crippen molar-refractivity contribution in [3.8, 4) is 11.5 Å². The molecule has 0 saturated carbocycles. The third kappa shape index (κ3) is 3.41. The molecule has 1 saturated heterocycles. The molecule has 26 heavy (non-hydrogen) atoms. The van der Waals surface area contributed by atoms with Crippen LogP contribution >= 0.6 is 0 Å². The molecule has 0 spiro atoms. The van der Waals surface area contributed by atoms with Crippen molar-refractivity contribution in [2.24, 2.45) is 0 Å². The van der Waals surface area contributed by atoms with Gasteiger partial charge in [0.05, 0.1) is 20.8 Å². The number of methoxy groups -OCH3 is 2. The van der Waals surface area contributed by atoms with Crippen LogP contribution in [-0.4, -0.2) is 53.5 Å². The lowest BCUT2D eigenvalue weighted by Gasteiger charge is -2.32. The molecule has 3 heterocycles. The van der Waals surface area contributed by atoms with Gasteiger partial charge in [0.1, 0.15) is 11.6 Å². The minimum absolute atomic E-state index is 0.524. The molecule has 0 bridgehead atoms. The molecule has 0 aliphatic carbocycles. The SMILES string of the molecule is COc1ccc(CN2CCC(c3nnc4n3CCNC4)CC2)cc1OC. The molecule has 1 N–H and O–H groups in total. The average molecular weight is 357 g/mol. The Hall–Kier alpha value is -2.12. The van der Waals surface area contributed by atoms with E-state index >= 15 is 0 Å². The summed E-state index contributed by atoms with van der Waals surface area (Å²) < 4.78 is 13.1. The van der Waals surface area contributed by atoms with Gasteiger partial charge in [-0.25, -0.2) is 0 Å². The molecule has 4 rings (SSSR count). The van der Waals surface area contributed by atoms with E-state index in [-0.39, 0.29) is 0 Å². The van der Waals surface area contributed by atoms with E-state index in [9.17, 15) is 0 Å². The minimum atomic E-state index is 0.524. The summed E-state index contributed by atoms with van der Waals surface area (Å²) in [7, 11) is 3.35. The van der Waals surface area contributed by atoms with E-state index in [1.165, 1.54) is 11.4 Å². The molecule has 0 amide bonds. The first-order valence-electron chi connectivity index (χ1n) is 9.34. The Morgan fingerprint density at radius 2 is 1.88 bits per heavy atom. The summed E-state index contributed by atoms with van der Waals surface area (Å²) in [6.07, 6.45) is 2.28. The van der Waals surface area contributed by atoms with Gasteiger partial charge >= 0.3 is 0 Å². The lowest BCUT2D eigenvalue weighted by atomic mass is 9.95. The van der Waals surface area contributed by atoms with Crippen LogP contribution in [0, 0.1) is 0 Å². The van der Waals surface area contributed by atoms with Gasteiger partial charge in [0.15, 0.2) is 11.5 Å². The molecule has 1 fully saturated rings. The number of aromatic nitrogens is 3. The van der Waals surface area contributed by atoms with Gasteiger partial charge in [-0.05, 0) is 43.6 Å². The molecule has 2 aliphatic heterocycles. The summed E-state index contributed by atoms with van der Waals surface area (Å²) in [5.74, 6) is 4.37. The number of piperidine rings is 1. The maximum absolute atomic E-state index is 5.42. The predicted octanol–water partition coefficient (Wildman–Crippen LogP) is 1.78. The van der Waals surface area contributed by atoms with Crippen molar-refractivity contribution >= 4 is 0 Å². The van der Waals surface area contributed by atoms with E-state index in [0.29, 0.717) is 5.92 Å². The third-order valence-corrected chi connectivity index (χ3v) is 5.46. The number of rotatable bonds is 5. The lowest BCUT2D eigenvalue weighted by molar-refractivity contribution is 0.199. The van der Waals surface area contributed by atoms with Crippen molar-refractivity contribution in [2.75, 3.05) is 33.9 Å². The van der Waals surface area contributed by atoms with Crippen LogP contribution in [0.5, 0.6) is 11.5 Å². The molecule has 1 aromatic carbocycles. The van der Waals surface area contributed by atoms with Crippen molar-refractivity contribution < 1.29 is 9.47 Å². The standard InChI is InChI=1S/C19H27N5O2/c1-25-16-4-3-14(11-17(16)26-2)13-23-8-5-15(6-9-23)19-22-21-18-12-20-7-10-24(18)19/h3-4,11,15,20H,5-10,12-13H2,1-2H3. The summed E-state index contributed by atoms with van der Waals surface area (Å²) >= 11 is 0. The summed E-state index contributed by atoms with van der Waals surface area (Å²) in [5.41, 5.74) is 1.26. The number of fused-ring (bicyclic) bond motifs is 1. The molecule has 7 nitrogen and oxygen atoms in total. The zero-order chi connectivity index (χ0) is 17.9. The van der Waals surface area contributed by atoms with Crippen LogP contribution in [0.4, 0.5) is 0 Å². The smallest absolute Gasteiger partial charge is 0.161 e. The largest absolute Gasteiger partial charge is 0.493 e. The van der Waals surface area contributed by atoms with Gasteiger partial charge in [-0.3, -0.25) is 4.90 Å². The topological polar surface area (TPSA) is 64.4 Å². The van der Waals surface area contributed by atoms with Crippen LogP contribution in [0.25, 0.3) is 0 Å². The molecule has 140 valence electrons. The highest BCUT2D eigenvalue weighted by atomic mass is 16.5. The molecular weight excluding hydrogens is 330 g/mol. The van der Waals surface area contributed by atoms with Crippen molar-refractivity contribution in [1.29, 1.82) is 0 Å². The highest BCUT2D eigenvalue weighted by molar-refractivity contribution is 5.42. The summed E-state index contributed by atoms with van der Waals surface area (Å²) in [6, 6.07) is 6.18. The van der Waals surface area contributed by atoms with E-state index in [0.717, 1.165) is 69.4 Å². The number of nitrogens with zero attached hydrogens (tertiary/aromatic N) is 4. The third-order valence-electron chi connectivity index (χ3n) is 5.46. The Kier molecular flexibility index (Phi) is 5.08. The van der Waals surface area contributed by atoms with E-state index in [4.69, 9.17) is 9.47 Å². The van der Waals surface area contributed by atoms with E-state index in [1.807, 2.05) is 6.07 Å². The van der Waals surface area contributed by atoms with E-state index in [1.54, 1.807) is 14.2 Å². The Bertz CT molecular complexity index is 752. The predicted molar refractivity (Wildman–Crippen MR) is 98.5 cm³/mol. The quantitative estimate of drug-likeness (QED) is 0.880. The van der Waals surface area contributed by atoms with Gasteiger partial charge in [0.2, 0.25) is 0 Å². The molecule has 7 heteroatoms. The maximum Gasteiger partial charge on any atom is 0.161 e. The maximum atomic E-state index is 5.42. The van der Waals surface area contributed by atoms with Crippen LogP contribution < -0.4 is 14.8 Å². The van der Waals surface area contributed by atoms with Gasteiger partial charge in [-0.2, -0.15) is 0 Å². The van der Waals surface area contributed by atoms with Crippen LogP contribution in [0.15, 0.2) is 18.2 Å². The van der Waals surface area contributed by atoms with Crippen molar-refractivity contribution in [1.82, 2.24) is 25.0 Å². The zero-order valence-corrected chi connectivity index (χ0v) is 15.6. The fourth-order valence-corrected chi connectivity index (χ4v) is 4.00. The Morgan fingerprint density at radius 1 is 1.08 bits per heavy atom. The number of hydrogen-bond donors (Lipinski definition) is 1. The van der Waals surface area contributed by atoms with Gasteiger partial charge in [0, 0.05) is 25.6 Å².